The number of hydrogen-bond donors (Lipinski definition) is 1. The summed E-state index contributed by atoms with van der Waals surface area (Å²) >= 11 is 0. The fourth-order valence-electron chi connectivity index (χ4n) is 0.680. The molecular weight excluding hydrogens is 154 g/mol. The van der Waals surface area contributed by atoms with E-state index in [2.05, 4.69) is 5.32 Å². The first-order valence-electron chi connectivity index (χ1n) is 4.22. The molecule has 3 heteroatoms. The third-order valence-electron chi connectivity index (χ3n) is 1.16. The van der Waals surface area contributed by atoms with Gasteiger partial charge in [-0.15, -0.1) is 0 Å². The van der Waals surface area contributed by atoms with Crippen LogP contribution in [0.15, 0.2) is 12.2 Å². The summed E-state index contributed by atoms with van der Waals surface area (Å²) in [5.41, 5.74) is 0. The van der Waals surface area contributed by atoms with Gasteiger partial charge in [0.05, 0.1) is 6.10 Å². The molecule has 12 heavy (non-hydrogen) atoms. The lowest BCUT2D eigenvalue weighted by Crippen LogP contribution is -2.27. The van der Waals surface area contributed by atoms with E-state index in [1.807, 2.05) is 32.9 Å². The maximum absolute atomic E-state index is 10.9. The van der Waals surface area contributed by atoms with E-state index in [9.17, 15) is 4.79 Å². The number of amides is 1. The second-order valence-electron chi connectivity index (χ2n) is 2.74. The number of ether oxygens (including phenoxy) is 1. The molecule has 0 saturated heterocycles. The van der Waals surface area contributed by atoms with Crippen LogP contribution in [0.5, 0.6) is 0 Å². The zero-order valence-corrected chi connectivity index (χ0v) is 7.96. The molecule has 0 bridgehead atoms. The molecule has 0 atom stereocenters. The summed E-state index contributed by atoms with van der Waals surface area (Å²) in [4.78, 5) is 10.9. The van der Waals surface area contributed by atoms with Crippen LogP contribution in [0.3, 0.4) is 0 Å². The number of nitrogens with one attached hydrogen (secondary N) is 1. The predicted octanol–water partition coefficient (Wildman–Crippen LogP) is 2.09. The highest BCUT2D eigenvalue weighted by atomic mass is 16.6. The van der Waals surface area contributed by atoms with Gasteiger partial charge in [-0.1, -0.05) is 12.2 Å². The molecule has 0 aliphatic rings. The summed E-state index contributed by atoms with van der Waals surface area (Å²) in [5.74, 6) is 0. The van der Waals surface area contributed by atoms with Crippen molar-refractivity contribution in [2.75, 3.05) is 6.54 Å². The molecule has 1 N–H and O–H groups in total. The Morgan fingerprint density at radius 2 is 2.25 bits per heavy atom. The molecule has 0 aromatic heterocycles. The Hall–Kier alpha value is -0.990. The highest BCUT2D eigenvalue weighted by Crippen LogP contribution is 1.88. The molecule has 0 saturated carbocycles. The summed E-state index contributed by atoms with van der Waals surface area (Å²) in [6.45, 7) is 6.24. The fourth-order valence-corrected chi connectivity index (χ4v) is 0.680. The zero-order chi connectivity index (χ0) is 9.40. The highest BCUT2D eigenvalue weighted by molar-refractivity contribution is 5.67. The van der Waals surface area contributed by atoms with Gasteiger partial charge in [0, 0.05) is 6.54 Å². The van der Waals surface area contributed by atoms with E-state index in [0.717, 1.165) is 6.42 Å². The Bertz CT molecular complexity index is 153. The first kappa shape index (κ1) is 11.0. The number of alkyl carbamates (subject to hydrolysis) is 1. The predicted molar refractivity (Wildman–Crippen MR) is 49.1 cm³/mol. The average molecular weight is 171 g/mol. The van der Waals surface area contributed by atoms with Gasteiger partial charge in [-0.2, -0.15) is 0 Å². The summed E-state index contributed by atoms with van der Waals surface area (Å²) in [6, 6.07) is 0. The van der Waals surface area contributed by atoms with E-state index < -0.39 is 0 Å². The molecule has 0 heterocycles. The smallest absolute Gasteiger partial charge is 0.407 e. The van der Waals surface area contributed by atoms with E-state index in [0.29, 0.717) is 6.54 Å². The topological polar surface area (TPSA) is 38.3 Å². The van der Waals surface area contributed by atoms with Gasteiger partial charge in [0.1, 0.15) is 0 Å². The van der Waals surface area contributed by atoms with Crippen molar-refractivity contribution in [1.29, 1.82) is 0 Å². The monoisotopic (exact) mass is 171 g/mol. The van der Waals surface area contributed by atoms with E-state index >= 15 is 0 Å². The van der Waals surface area contributed by atoms with Crippen molar-refractivity contribution >= 4 is 6.09 Å². The van der Waals surface area contributed by atoms with Gasteiger partial charge in [-0.3, -0.25) is 0 Å². The normalized spacial score (nSPS) is 10.7. The zero-order valence-electron chi connectivity index (χ0n) is 7.96. The lowest BCUT2D eigenvalue weighted by atomic mass is 10.4. The SMILES string of the molecule is C/C=C/CCNC(=O)OC(C)C. The van der Waals surface area contributed by atoms with Gasteiger partial charge in [0.25, 0.3) is 0 Å². The Kier molecular flexibility index (Phi) is 6.15. The van der Waals surface area contributed by atoms with Crippen LogP contribution in [0.25, 0.3) is 0 Å². The molecule has 0 spiro atoms. The van der Waals surface area contributed by atoms with Crippen LogP contribution in [0.2, 0.25) is 0 Å². The van der Waals surface area contributed by atoms with Crippen LogP contribution in [0.1, 0.15) is 27.2 Å². The Morgan fingerprint density at radius 1 is 1.58 bits per heavy atom. The minimum absolute atomic E-state index is 0.0493. The largest absolute Gasteiger partial charge is 0.447 e. The third-order valence-corrected chi connectivity index (χ3v) is 1.16. The molecule has 0 aliphatic heterocycles. The maximum Gasteiger partial charge on any atom is 0.407 e. The second-order valence-corrected chi connectivity index (χ2v) is 2.74. The highest BCUT2D eigenvalue weighted by Gasteiger charge is 2.01. The quantitative estimate of drug-likeness (QED) is 0.519. The number of hydrogen-bond acceptors (Lipinski definition) is 2. The van der Waals surface area contributed by atoms with Gasteiger partial charge in [0.2, 0.25) is 0 Å². The fraction of sp³-hybridized carbons (Fsp3) is 0.667. The lowest BCUT2D eigenvalue weighted by molar-refractivity contribution is 0.116. The third kappa shape index (κ3) is 7.12. The molecule has 3 nitrogen and oxygen atoms in total. The summed E-state index contributed by atoms with van der Waals surface area (Å²) in [5, 5.41) is 2.64. The molecular formula is C9H17NO2. The van der Waals surface area contributed by atoms with Gasteiger partial charge in [-0.05, 0) is 27.2 Å². The molecule has 0 radical (unpaired) electrons. The Balaban J connectivity index is 3.32. The second kappa shape index (κ2) is 6.70. The van der Waals surface area contributed by atoms with E-state index in [1.54, 1.807) is 0 Å². The summed E-state index contributed by atoms with van der Waals surface area (Å²) in [7, 11) is 0. The van der Waals surface area contributed by atoms with Crippen molar-refractivity contribution in [3.05, 3.63) is 12.2 Å². The molecule has 0 aromatic rings. The molecule has 70 valence electrons. The van der Waals surface area contributed by atoms with E-state index in [1.165, 1.54) is 0 Å². The van der Waals surface area contributed by atoms with Gasteiger partial charge in [-0.25, -0.2) is 4.79 Å². The Morgan fingerprint density at radius 3 is 2.75 bits per heavy atom. The lowest BCUT2D eigenvalue weighted by Gasteiger charge is -2.08. The number of carbonyl (C=O) groups is 1. The van der Waals surface area contributed by atoms with Gasteiger partial charge in [0.15, 0.2) is 0 Å². The summed E-state index contributed by atoms with van der Waals surface area (Å²) < 4.78 is 4.86. The summed E-state index contributed by atoms with van der Waals surface area (Å²) in [6.07, 6.45) is 4.41. The molecule has 0 fully saturated rings. The van der Waals surface area contributed by atoms with Crippen molar-refractivity contribution in [3.63, 3.8) is 0 Å². The maximum atomic E-state index is 10.9. The molecule has 0 unspecified atom stereocenters. The minimum atomic E-state index is -0.338. The van der Waals surface area contributed by atoms with Crippen molar-refractivity contribution in [2.45, 2.75) is 33.3 Å². The van der Waals surface area contributed by atoms with Crippen LogP contribution in [0.4, 0.5) is 4.79 Å². The standard InChI is InChI=1S/C9H17NO2/c1-4-5-6-7-10-9(11)12-8(2)3/h4-5,8H,6-7H2,1-3H3,(H,10,11)/b5-4+. The van der Waals surface area contributed by atoms with Crippen LogP contribution >= 0.6 is 0 Å². The van der Waals surface area contributed by atoms with Crippen molar-refractivity contribution in [1.82, 2.24) is 5.32 Å². The minimum Gasteiger partial charge on any atom is -0.447 e. The van der Waals surface area contributed by atoms with E-state index in [-0.39, 0.29) is 12.2 Å². The molecule has 1 amide bonds. The van der Waals surface area contributed by atoms with Crippen LogP contribution < -0.4 is 5.32 Å². The molecule has 0 aromatic carbocycles. The number of allylic oxidation sites excluding steroid dienone is 1. The Labute approximate surface area is 73.8 Å². The average Bonchev–Trinajstić information content (AvgIpc) is 1.97. The van der Waals surface area contributed by atoms with Crippen molar-refractivity contribution < 1.29 is 9.53 Å². The van der Waals surface area contributed by atoms with Crippen LogP contribution in [0, 0.1) is 0 Å². The van der Waals surface area contributed by atoms with E-state index in [4.69, 9.17) is 4.74 Å². The van der Waals surface area contributed by atoms with Crippen LogP contribution in [-0.2, 0) is 4.74 Å². The van der Waals surface area contributed by atoms with Crippen molar-refractivity contribution in [3.8, 4) is 0 Å². The number of carbonyl (C=O) groups excluding carboxylic acids is 1. The molecule has 0 rings (SSSR count). The number of rotatable bonds is 4. The molecule has 0 aliphatic carbocycles. The van der Waals surface area contributed by atoms with Gasteiger partial charge < -0.3 is 10.1 Å². The first-order valence-corrected chi connectivity index (χ1v) is 4.22. The van der Waals surface area contributed by atoms with Crippen LogP contribution in [-0.4, -0.2) is 18.7 Å². The van der Waals surface area contributed by atoms with Crippen molar-refractivity contribution in [2.24, 2.45) is 0 Å². The first-order chi connectivity index (χ1) is 5.66. The van der Waals surface area contributed by atoms with Gasteiger partial charge >= 0.3 is 6.09 Å².